The first kappa shape index (κ1) is 14.2. The summed E-state index contributed by atoms with van der Waals surface area (Å²) in [6.45, 7) is 5.69. The molecule has 18 heavy (non-hydrogen) atoms. The van der Waals surface area contributed by atoms with E-state index in [9.17, 15) is 4.79 Å². The summed E-state index contributed by atoms with van der Waals surface area (Å²) in [5, 5.41) is 17.8. The molecule has 0 spiro atoms. The lowest BCUT2D eigenvalue weighted by Gasteiger charge is -2.26. The summed E-state index contributed by atoms with van der Waals surface area (Å²) in [4.78, 5) is 11.1. The Kier molecular flexibility index (Phi) is 4.46. The highest BCUT2D eigenvalue weighted by atomic mass is 16.5. The molecule has 1 aromatic rings. The quantitative estimate of drug-likeness (QED) is 0.887. The van der Waals surface area contributed by atoms with E-state index in [4.69, 9.17) is 15.1 Å². The molecule has 0 saturated carbocycles. The van der Waals surface area contributed by atoms with Crippen LogP contribution in [0.2, 0.25) is 0 Å². The largest absolute Gasteiger partial charge is 0.479 e. The van der Waals surface area contributed by atoms with Crippen LogP contribution in [0.15, 0.2) is 24.3 Å². The molecule has 1 N–H and O–H groups in total. The van der Waals surface area contributed by atoms with Gasteiger partial charge in [0.05, 0.1) is 18.2 Å². The number of aliphatic carboxylic acids is 1. The van der Waals surface area contributed by atoms with Gasteiger partial charge in [0.1, 0.15) is 0 Å². The van der Waals surface area contributed by atoms with Crippen LogP contribution in [0.25, 0.3) is 0 Å². The molecule has 1 rings (SSSR count). The van der Waals surface area contributed by atoms with Gasteiger partial charge in [-0.1, -0.05) is 32.9 Å². The maximum absolute atomic E-state index is 11.1. The molecule has 0 heterocycles. The summed E-state index contributed by atoms with van der Waals surface area (Å²) in [5.74, 6) is -0.962. The van der Waals surface area contributed by atoms with Crippen molar-refractivity contribution in [3.05, 3.63) is 35.4 Å². The molecule has 0 aromatic heterocycles. The maximum Gasteiger partial charge on any atom is 0.333 e. The SMILES string of the molecule is CC(C)(C)C(OCc1ccc(C#N)cc1)C(=O)O. The molecule has 1 atom stereocenters. The van der Waals surface area contributed by atoms with Crippen molar-refractivity contribution in [2.24, 2.45) is 5.41 Å². The molecule has 1 unspecified atom stereocenters. The predicted octanol–water partition coefficient (Wildman–Crippen LogP) is 2.57. The Balaban J connectivity index is 2.68. The Morgan fingerprint density at radius 2 is 1.94 bits per heavy atom. The third-order valence-electron chi connectivity index (χ3n) is 2.51. The second-order valence-corrected chi connectivity index (χ2v) is 5.20. The zero-order chi connectivity index (χ0) is 13.8. The molecule has 96 valence electrons. The molecule has 0 aliphatic rings. The summed E-state index contributed by atoms with van der Waals surface area (Å²) in [6.07, 6.45) is -0.854. The number of nitrogens with zero attached hydrogens (tertiary/aromatic N) is 1. The summed E-state index contributed by atoms with van der Waals surface area (Å²) in [7, 11) is 0. The van der Waals surface area contributed by atoms with Crippen molar-refractivity contribution in [1.29, 1.82) is 5.26 Å². The number of carboxylic acid groups (broad SMARTS) is 1. The molecule has 0 aliphatic heterocycles. The fourth-order valence-electron chi connectivity index (χ4n) is 1.55. The molecule has 4 heteroatoms. The van der Waals surface area contributed by atoms with Gasteiger partial charge >= 0.3 is 5.97 Å². The van der Waals surface area contributed by atoms with Gasteiger partial charge in [0.2, 0.25) is 0 Å². The van der Waals surface area contributed by atoms with Gasteiger partial charge in [-0.2, -0.15) is 5.26 Å². The van der Waals surface area contributed by atoms with Gasteiger partial charge in [0, 0.05) is 0 Å². The van der Waals surface area contributed by atoms with Crippen LogP contribution in [0, 0.1) is 16.7 Å². The zero-order valence-corrected chi connectivity index (χ0v) is 10.8. The summed E-state index contributed by atoms with van der Waals surface area (Å²) in [6, 6.07) is 8.93. The number of rotatable bonds is 4. The van der Waals surface area contributed by atoms with E-state index in [1.807, 2.05) is 26.8 Å². The zero-order valence-electron chi connectivity index (χ0n) is 10.8. The van der Waals surface area contributed by atoms with E-state index in [0.29, 0.717) is 5.56 Å². The smallest absolute Gasteiger partial charge is 0.333 e. The molecular weight excluding hydrogens is 230 g/mol. The average Bonchev–Trinajstić information content (AvgIpc) is 2.28. The number of carbonyl (C=O) groups is 1. The summed E-state index contributed by atoms with van der Waals surface area (Å²) in [5.41, 5.74) is 0.965. The van der Waals surface area contributed by atoms with Crippen molar-refractivity contribution in [1.82, 2.24) is 0 Å². The molecule has 0 bridgehead atoms. The Morgan fingerprint density at radius 1 is 1.39 bits per heavy atom. The Morgan fingerprint density at radius 3 is 2.33 bits per heavy atom. The van der Waals surface area contributed by atoms with E-state index >= 15 is 0 Å². The van der Waals surface area contributed by atoms with Crippen LogP contribution in [0.5, 0.6) is 0 Å². The molecule has 0 radical (unpaired) electrons. The van der Waals surface area contributed by atoms with Crippen molar-refractivity contribution in [3.63, 3.8) is 0 Å². The van der Waals surface area contributed by atoms with E-state index in [1.54, 1.807) is 24.3 Å². The van der Waals surface area contributed by atoms with Crippen molar-refractivity contribution in [3.8, 4) is 6.07 Å². The highest BCUT2D eigenvalue weighted by Crippen LogP contribution is 2.23. The van der Waals surface area contributed by atoms with Gasteiger partial charge in [0.25, 0.3) is 0 Å². The first-order valence-corrected chi connectivity index (χ1v) is 5.68. The number of carboxylic acids is 1. The van der Waals surface area contributed by atoms with Crippen LogP contribution in [0.4, 0.5) is 0 Å². The normalized spacial score (nSPS) is 12.8. The Labute approximate surface area is 107 Å². The summed E-state index contributed by atoms with van der Waals surface area (Å²) < 4.78 is 5.45. The average molecular weight is 247 g/mol. The number of nitriles is 1. The lowest BCUT2D eigenvalue weighted by Crippen LogP contribution is -2.36. The molecular formula is C14H17NO3. The van der Waals surface area contributed by atoms with E-state index < -0.39 is 17.5 Å². The van der Waals surface area contributed by atoms with E-state index in [2.05, 4.69) is 0 Å². The van der Waals surface area contributed by atoms with Crippen molar-refractivity contribution in [2.75, 3.05) is 0 Å². The van der Waals surface area contributed by atoms with Gasteiger partial charge in [-0.3, -0.25) is 0 Å². The molecule has 4 nitrogen and oxygen atoms in total. The summed E-state index contributed by atoms with van der Waals surface area (Å²) >= 11 is 0. The highest BCUT2D eigenvalue weighted by molar-refractivity contribution is 5.73. The maximum atomic E-state index is 11.1. The third kappa shape index (κ3) is 3.86. The van der Waals surface area contributed by atoms with E-state index in [0.717, 1.165) is 5.56 Å². The van der Waals surface area contributed by atoms with Crippen LogP contribution in [-0.2, 0) is 16.1 Å². The second kappa shape index (κ2) is 5.65. The van der Waals surface area contributed by atoms with Crippen molar-refractivity contribution < 1.29 is 14.6 Å². The Bertz CT molecular complexity index is 451. The first-order chi connectivity index (χ1) is 8.34. The third-order valence-corrected chi connectivity index (χ3v) is 2.51. The van der Waals surface area contributed by atoms with Crippen molar-refractivity contribution in [2.45, 2.75) is 33.5 Å². The van der Waals surface area contributed by atoms with E-state index in [1.165, 1.54) is 0 Å². The van der Waals surface area contributed by atoms with Gasteiger partial charge in [-0.25, -0.2) is 4.79 Å². The Hall–Kier alpha value is -1.86. The van der Waals surface area contributed by atoms with Gasteiger partial charge in [-0.15, -0.1) is 0 Å². The molecule has 0 fully saturated rings. The second-order valence-electron chi connectivity index (χ2n) is 5.20. The fourth-order valence-corrected chi connectivity index (χ4v) is 1.55. The topological polar surface area (TPSA) is 70.3 Å². The monoisotopic (exact) mass is 247 g/mol. The minimum absolute atomic E-state index is 0.222. The minimum Gasteiger partial charge on any atom is -0.479 e. The molecule has 0 saturated heterocycles. The molecule has 0 aliphatic carbocycles. The molecule has 1 aromatic carbocycles. The van der Waals surface area contributed by atoms with Gasteiger partial charge < -0.3 is 9.84 Å². The van der Waals surface area contributed by atoms with Crippen LogP contribution >= 0.6 is 0 Å². The van der Waals surface area contributed by atoms with Crippen molar-refractivity contribution >= 4 is 5.97 Å². The number of ether oxygens (including phenoxy) is 1. The number of benzene rings is 1. The van der Waals surface area contributed by atoms with Crippen LogP contribution in [0.3, 0.4) is 0 Å². The lowest BCUT2D eigenvalue weighted by molar-refractivity contribution is -0.159. The fraction of sp³-hybridized carbons (Fsp3) is 0.429. The predicted molar refractivity (Wildman–Crippen MR) is 66.8 cm³/mol. The minimum atomic E-state index is -0.962. The van der Waals surface area contributed by atoms with Gasteiger partial charge in [0.15, 0.2) is 6.10 Å². The standard InChI is InChI=1S/C14H17NO3/c1-14(2,3)12(13(16)17)18-9-11-6-4-10(8-15)5-7-11/h4-7,12H,9H2,1-3H3,(H,16,17). The number of hydrogen-bond acceptors (Lipinski definition) is 3. The van der Waals surface area contributed by atoms with Crippen LogP contribution in [0.1, 0.15) is 31.9 Å². The van der Waals surface area contributed by atoms with Crippen LogP contribution in [-0.4, -0.2) is 17.2 Å². The van der Waals surface area contributed by atoms with E-state index in [-0.39, 0.29) is 6.61 Å². The first-order valence-electron chi connectivity index (χ1n) is 5.68. The molecule has 0 amide bonds. The lowest BCUT2D eigenvalue weighted by atomic mass is 9.89. The highest BCUT2D eigenvalue weighted by Gasteiger charge is 2.31. The number of hydrogen-bond donors (Lipinski definition) is 1. The van der Waals surface area contributed by atoms with Gasteiger partial charge in [-0.05, 0) is 23.1 Å². The van der Waals surface area contributed by atoms with Crippen LogP contribution < -0.4 is 0 Å².